The molecule has 7 nitrogen and oxygen atoms in total. The van der Waals surface area contributed by atoms with Crippen LogP contribution in [0.1, 0.15) is 17.0 Å². The van der Waals surface area contributed by atoms with Gasteiger partial charge in [-0.3, -0.25) is 4.79 Å². The molecule has 0 saturated carbocycles. The van der Waals surface area contributed by atoms with Crippen molar-refractivity contribution in [2.75, 3.05) is 32.1 Å². The van der Waals surface area contributed by atoms with Crippen molar-refractivity contribution in [2.45, 2.75) is 24.9 Å². The number of fused-ring (bicyclic) bond motifs is 1. The molecule has 0 aromatic heterocycles. The van der Waals surface area contributed by atoms with E-state index in [4.69, 9.17) is 4.74 Å². The zero-order valence-corrected chi connectivity index (χ0v) is 19.8. The zero-order valence-electron chi connectivity index (χ0n) is 19.8. The molecule has 2 saturated heterocycles. The molecule has 35 heavy (non-hydrogen) atoms. The summed E-state index contributed by atoms with van der Waals surface area (Å²) in [7, 11) is 1.59. The number of piperazine rings is 1. The van der Waals surface area contributed by atoms with Crippen LogP contribution in [0.15, 0.2) is 72.8 Å². The predicted molar refractivity (Wildman–Crippen MR) is 134 cm³/mol. The van der Waals surface area contributed by atoms with Gasteiger partial charge in [0, 0.05) is 18.2 Å². The summed E-state index contributed by atoms with van der Waals surface area (Å²) < 4.78 is 5.16. The number of carbonyl (C=O) groups excluding carboxylic acids is 2. The molecule has 0 spiro atoms. The van der Waals surface area contributed by atoms with Gasteiger partial charge in [-0.25, -0.2) is 4.79 Å². The summed E-state index contributed by atoms with van der Waals surface area (Å²) in [4.78, 5) is 29.1. The lowest BCUT2D eigenvalue weighted by Gasteiger charge is -2.58. The van der Waals surface area contributed by atoms with E-state index in [0.29, 0.717) is 18.0 Å². The summed E-state index contributed by atoms with van der Waals surface area (Å²) in [6.07, 6.45) is 0. The van der Waals surface area contributed by atoms with E-state index in [2.05, 4.69) is 60.8 Å². The minimum absolute atomic E-state index is 0.00588. The van der Waals surface area contributed by atoms with Gasteiger partial charge in [0.25, 0.3) is 0 Å². The molecule has 2 aliphatic heterocycles. The first-order chi connectivity index (χ1) is 17.0. The number of urea groups is 1. The number of hydrogen-bond acceptors (Lipinski definition) is 4. The second kappa shape index (κ2) is 9.43. The van der Waals surface area contributed by atoms with Crippen molar-refractivity contribution in [3.8, 4) is 16.9 Å². The van der Waals surface area contributed by atoms with E-state index in [1.165, 1.54) is 5.56 Å². The van der Waals surface area contributed by atoms with Gasteiger partial charge in [-0.1, -0.05) is 54.1 Å². The van der Waals surface area contributed by atoms with Gasteiger partial charge in [-0.2, -0.15) is 0 Å². The number of methoxy groups -OCH3 is 1. The highest BCUT2D eigenvalue weighted by molar-refractivity contribution is 5.93. The topological polar surface area (TPSA) is 82.1 Å². The molecule has 0 bridgehead atoms. The molecule has 180 valence electrons. The second-order valence-electron chi connectivity index (χ2n) is 9.17. The molecule has 2 N–H and O–H groups in total. The summed E-state index contributed by atoms with van der Waals surface area (Å²) in [6, 6.07) is 23.0. The first-order valence-corrected chi connectivity index (χ1v) is 11.8. The van der Waals surface area contributed by atoms with Crippen molar-refractivity contribution in [3.63, 3.8) is 0 Å². The Labute approximate surface area is 204 Å². The van der Waals surface area contributed by atoms with Crippen molar-refractivity contribution in [3.05, 3.63) is 83.9 Å². The largest absolute Gasteiger partial charge is 0.497 e. The van der Waals surface area contributed by atoms with Crippen molar-refractivity contribution in [1.29, 1.82) is 0 Å². The average Bonchev–Trinajstić information content (AvgIpc) is 2.86. The monoisotopic (exact) mass is 471 g/mol. The van der Waals surface area contributed by atoms with Crippen molar-refractivity contribution < 1.29 is 19.4 Å². The van der Waals surface area contributed by atoms with Gasteiger partial charge in [0.1, 0.15) is 12.3 Å². The summed E-state index contributed by atoms with van der Waals surface area (Å²) in [5, 5.41) is 12.9. The summed E-state index contributed by atoms with van der Waals surface area (Å²) in [5.41, 5.74) is 5.17. The lowest BCUT2D eigenvalue weighted by Crippen LogP contribution is -2.73. The molecule has 0 aliphatic carbocycles. The smallest absolute Gasteiger partial charge is 0.322 e. The summed E-state index contributed by atoms with van der Waals surface area (Å²) in [6.45, 7) is 2.36. The Morgan fingerprint density at radius 2 is 1.63 bits per heavy atom. The van der Waals surface area contributed by atoms with Gasteiger partial charge in [0.2, 0.25) is 5.91 Å². The number of carbonyl (C=O) groups is 2. The maximum Gasteiger partial charge on any atom is 0.322 e. The number of nitrogens with zero attached hydrogens (tertiary/aromatic N) is 2. The molecule has 5 rings (SSSR count). The van der Waals surface area contributed by atoms with Crippen LogP contribution in [0.4, 0.5) is 10.5 Å². The number of aliphatic hydroxyl groups excluding tert-OH is 1. The summed E-state index contributed by atoms with van der Waals surface area (Å²) in [5.74, 6) is 0.526. The third-order valence-electron chi connectivity index (χ3n) is 7.06. The maximum atomic E-state index is 12.9. The standard InChI is InChI=1S/C28H29N3O4/c1-18-3-5-19(6-4-18)20-7-9-21(10-8-20)27-24-15-30(16-26(33)31(24)25(27)17-32)28(34)29-22-11-13-23(35-2)14-12-22/h3-14,24-25,27,32H,15-17H2,1-2H3,(H,29,34)/t24-,25+,27-/m1/s1. The molecule has 3 amide bonds. The average molecular weight is 472 g/mol. The molecule has 7 heteroatoms. The molecule has 2 heterocycles. The predicted octanol–water partition coefficient (Wildman–Crippen LogP) is 3.87. The molecule has 2 aliphatic rings. The second-order valence-corrected chi connectivity index (χ2v) is 9.17. The van der Waals surface area contributed by atoms with Crippen molar-refractivity contribution in [2.24, 2.45) is 0 Å². The van der Waals surface area contributed by atoms with Crippen LogP contribution in [0.25, 0.3) is 11.1 Å². The fourth-order valence-corrected chi connectivity index (χ4v) is 5.17. The summed E-state index contributed by atoms with van der Waals surface area (Å²) >= 11 is 0. The van der Waals surface area contributed by atoms with Gasteiger partial charge in [0.15, 0.2) is 0 Å². The number of aliphatic hydroxyl groups is 1. The number of benzene rings is 3. The van der Waals surface area contributed by atoms with Gasteiger partial charge >= 0.3 is 6.03 Å². The minimum Gasteiger partial charge on any atom is -0.497 e. The number of anilines is 1. The van der Waals surface area contributed by atoms with E-state index in [-0.39, 0.29) is 43.1 Å². The first kappa shape index (κ1) is 22.9. The number of nitrogens with one attached hydrogen (secondary N) is 1. The number of amides is 3. The Morgan fingerprint density at radius 3 is 2.23 bits per heavy atom. The minimum atomic E-state index is -0.316. The molecular formula is C28H29N3O4. The first-order valence-electron chi connectivity index (χ1n) is 11.8. The van der Waals surface area contributed by atoms with E-state index in [9.17, 15) is 14.7 Å². The van der Waals surface area contributed by atoms with E-state index in [0.717, 1.165) is 16.7 Å². The van der Waals surface area contributed by atoms with Crippen LogP contribution in [0.5, 0.6) is 5.75 Å². The highest BCUT2D eigenvalue weighted by Gasteiger charge is 2.54. The zero-order chi connectivity index (χ0) is 24.5. The van der Waals surface area contributed by atoms with Gasteiger partial charge < -0.3 is 25.0 Å². The number of rotatable bonds is 5. The van der Waals surface area contributed by atoms with Gasteiger partial charge in [0.05, 0.1) is 25.8 Å². The Hall–Kier alpha value is -3.84. The molecule has 3 aromatic carbocycles. The molecule has 0 radical (unpaired) electrons. The number of aryl methyl sites for hydroxylation is 1. The van der Waals surface area contributed by atoms with Gasteiger partial charge in [-0.15, -0.1) is 0 Å². The quantitative estimate of drug-likeness (QED) is 0.592. The lowest BCUT2D eigenvalue weighted by molar-refractivity contribution is -0.159. The molecule has 0 unspecified atom stereocenters. The van der Waals surface area contributed by atoms with Gasteiger partial charge in [-0.05, 0) is 47.9 Å². The van der Waals surface area contributed by atoms with Crippen molar-refractivity contribution in [1.82, 2.24) is 9.80 Å². The fourth-order valence-electron chi connectivity index (χ4n) is 5.17. The normalized spacial score (nSPS) is 21.2. The van der Waals surface area contributed by atoms with Crippen LogP contribution in [0, 0.1) is 6.92 Å². The molecular weight excluding hydrogens is 442 g/mol. The van der Waals surface area contributed by atoms with Crippen LogP contribution >= 0.6 is 0 Å². The van der Waals surface area contributed by atoms with E-state index >= 15 is 0 Å². The molecule has 3 atom stereocenters. The lowest BCUT2D eigenvalue weighted by atomic mass is 9.73. The van der Waals surface area contributed by atoms with Crippen LogP contribution in [0.2, 0.25) is 0 Å². The van der Waals surface area contributed by atoms with Crippen LogP contribution < -0.4 is 10.1 Å². The van der Waals surface area contributed by atoms with E-state index < -0.39 is 0 Å². The van der Waals surface area contributed by atoms with E-state index in [1.54, 1.807) is 41.2 Å². The van der Waals surface area contributed by atoms with Crippen molar-refractivity contribution >= 4 is 17.6 Å². The molecule has 2 fully saturated rings. The number of hydrogen-bond donors (Lipinski definition) is 2. The third kappa shape index (κ3) is 4.35. The highest BCUT2D eigenvalue weighted by atomic mass is 16.5. The number of ether oxygens (including phenoxy) is 1. The van der Waals surface area contributed by atoms with Crippen LogP contribution in [-0.4, -0.2) is 65.7 Å². The fraction of sp³-hybridized carbons (Fsp3) is 0.286. The Kier molecular flexibility index (Phi) is 6.17. The Bertz CT molecular complexity index is 1210. The Morgan fingerprint density at radius 1 is 1.00 bits per heavy atom. The third-order valence-corrected chi connectivity index (χ3v) is 7.06. The van der Waals surface area contributed by atoms with Crippen LogP contribution in [0.3, 0.4) is 0 Å². The van der Waals surface area contributed by atoms with Crippen LogP contribution in [-0.2, 0) is 4.79 Å². The highest BCUT2D eigenvalue weighted by Crippen LogP contribution is 2.43. The molecule has 3 aromatic rings. The maximum absolute atomic E-state index is 12.9. The van der Waals surface area contributed by atoms with E-state index in [1.807, 2.05) is 0 Å². The Balaban J connectivity index is 1.32. The SMILES string of the molecule is COc1ccc(NC(=O)N2CC(=O)N3[C@H](C2)[C@@H](c2ccc(-c4ccc(C)cc4)cc2)[C@@H]3CO)cc1.